The molecule has 0 bridgehead atoms. The van der Waals surface area contributed by atoms with Gasteiger partial charge in [0.05, 0.1) is 26.4 Å². The highest BCUT2D eigenvalue weighted by atomic mass is 31.2. The zero-order valence-corrected chi connectivity index (χ0v) is 63.1. The molecule has 0 saturated heterocycles. The Balaban J connectivity index is 4.48. The molecule has 0 aliphatic rings. The Hall–Kier alpha value is -4.83. The molecule has 18 heteroatoms. The topological polar surface area (TPSA) is 231 Å². The van der Waals surface area contributed by atoms with Gasteiger partial charge in [-0.15, -0.1) is 0 Å². The number of hydrogen-bond acceptors (Lipinski definition) is 14. The van der Waals surface area contributed by atoms with Crippen molar-refractivity contribution in [1.29, 1.82) is 0 Å². The Morgan fingerprint density at radius 2 is 0.535 bits per heavy atom. The van der Waals surface area contributed by atoms with E-state index in [0.29, 0.717) is 19.3 Å². The molecule has 0 amide bonds. The second kappa shape index (κ2) is 72.9. The minimum atomic E-state index is -4.94. The van der Waals surface area contributed by atoms with Crippen LogP contribution in [-0.4, -0.2) is 95.9 Å². The molecule has 5 unspecified atom stereocenters. The number of phosphoric acid groups is 2. The Morgan fingerprint density at radius 1 is 0.293 bits per heavy atom. The van der Waals surface area contributed by atoms with E-state index in [1.165, 1.54) is 64.2 Å². The lowest BCUT2D eigenvalue weighted by atomic mass is 10.0. The monoisotopic (exact) mass is 1420 g/mol. The van der Waals surface area contributed by atoms with E-state index in [2.05, 4.69) is 179 Å². The Kier molecular flexibility index (Phi) is 69.4. The van der Waals surface area contributed by atoms with Gasteiger partial charge in [0.25, 0.3) is 0 Å². The van der Waals surface area contributed by atoms with E-state index in [1.807, 2.05) is 0 Å². The molecule has 0 heterocycles. The predicted octanol–water partition coefficient (Wildman–Crippen LogP) is 21.9. The van der Waals surface area contributed by atoms with Gasteiger partial charge >= 0.3 is 33.6 Å². The lowest BCUT2D eigenvalue weighted by molar-refractivity contribution is -0.161. The molecule has 0 spiro atoms. The summed E-state index contributed by atoms with van der Waals surface area (Å²) in [6, 6.07) is 0. The van der Waals surface area contributed by atoms with Crippen molar-refractivity contribution in [2.24, 2.45) is 0 Å². The fourth-order valence-corrected chi connectivity index (χ4v) is 11.1. The number of allylic oxidation sites excluding steroid dienone is 26. The first kappa shape index (κ1) is 94.2. The molecule has 5 atom stereocenters. The first-order valence-electron chi connectivity index (χ1n) is 37.8. The molecule has 0 aromatic carbocycles. The fourth-order valence-electron chi connectivity index (χ4n) is 9.50. The normalized spacial score (nSPS) is 14.9. The number of rotatable bonds is 70. The Bertz CT molecular complexity index is 2430. The van der Waals surface area contributed by atoms with E-state index >= 15 is 0 Å². The van der Waals surface area contributed by atoms with Crippen molar-refractivity contribution in [2.45, 2.75) is 296 Å². The minimum Gasteiger partial charge on any atom is -0.463 e. The van der Waals surface area contributed by atoms with Crippen LogP contribution in [0.2, 0.25) is 0 Å². The molecule has 0 saturated carbocycles. The number of hydrogen-bond donors (Lipinski definition) is 4. The quantitative estimate of drug-likeness (QED) is 0.0146. The molecule has 0 aliphatic carbocycles. The Morgan fingerprint density at radius 3 is 0.879 bits per heavy atom. The number of unbranched alkanes of at least 4 members (excludes halogenated alkanes) is 21. The maximum Gasteiger partial charge on any atom is 0.472 e. The van der Waals surface area contributed by atoms with E-state index in [0.717, 1.165) is 154 Å². The lowest BCUT2D eigenvalue weighted by Gasteiger charge is -2.21. The largest absolute Gasteiger partial charge is 0.472 e. The summed E-state index contributed by atoms with van der Waals surface area (Å²) in [4.78, 5) is 58.4. The van der Waals surface area contributed by atoms with Crippen LogP contribution in [0.25, 0.3) is 0 Å². The van der Waals surface area contributed by atoms with E-state index in [-0.39, 0.29) is 19.3 Å². The van der Waals surface area contributed by atoms with Gasteiger partial charge < -0.3 is 34.2 Å². The van der Waals surface area contributed by atoms with Gasteiger partial charge in [-0.2, -0.15) is 0 Å². The second-order valence-corrected chi connectivity index (χ2v) is 27.6. The SMILES string of the molecule is CC/C=C\C/C=C\C/C=C\C/C=C\C/C=C\C/C=C\CCCCCCCCCCCCCCC(=O)OCC(O)COP(=O)(O)OCC(O)COP(=O)(O)OCC(COC(=O)CCCC/C=C\C/C=C\C/C=C\C/C=C\C/C=C\C/C=C\CC)OC(=O)CCCCCCC/C=C\CCCC. The summed E-state index contributed by atoms with van der Waals surface area (Å²) in [5.74, 6) is -1.65. The van der Waals surface area contributed by atoms with Crippen molar-refractivity contribution >= 4 is 33.6 Å². The van der Waals surface area contributed by atoms with Crippen molar-refractivity contribution in [1.82, 2.24) is 0 Å². The summed E-state index contributed by atoms with van der Waals surface area (Å²) >= 11 is 0. The molecular weight excluding hydrogens is 1290 g/mol. The van der Waals surface area contributed by atoms with Crippen LogP contribution in [-0.2, 0) is 55.8 Å². The van der Waals surface area contributed by atoms with Crippen LogP contribution in [0, 0.1) is 0 Å². The summed E-state index contributed by atoms with van der Waals surface area (Å²) < 4.78 is 60.9. The van der Waals surface area contributed by atoms with Gasteiger partial charge in [0.2, 0.25) is 0 Å². The third-order valence-corrected chi connectivity index (χ3v) is 17.1. The van der Waals surface area contributed by atoms with Gasteiger partial charge in [0.15, 0.2) is 6.10 Å². The zero-order valence-electron chi connectivity index (χ0n) is 61.4. The molecule has 0 aliphatic heterocycles. The highest BCUT2D eigenvalue weighted by Crippen LogP contribution is 2.45. The number of phosphoric ester groups is 2. The van der Waals surface area contributed by atoms with Gasteiger partial charge in [0, 0.05) is 19.3 Å². The molecule has 4 N–H and O–H groups in total. The molecular formula is C81H134O16P2. The van der Waals surface area contributed by atoms with Gasteiger partial charge in [-0.05, 0) is 141 Å². The van der Waals surface area contributed by atoms with Gasteiger partial charge in [0.1, 0.15) is 25.4 Å². The molecule has 0 radical (unpaired) electrons. The molecule has 0 aromatic rings. The lowest BCUT2D eigenvalue weighted by Crippen LogP contribution is -2.30. The van der Waals surface area contributed by atoms with Crippen LogP contribution in [0.1, 0.15) is 278 Å². The molecule has 0 aromatic heterocycles. The maximum atomic E-state index is 12.9. The zero-order chi connectivity index (χ0) is 72.3. The molecule has 16 nitrogen and oxygen atoms in total. The third-order valence-electron chi connectivity index (χ3n) is 15.2. The van der Waals surface area contributed by atoms with E-state index < -0.39 is 91.5 Å². The smallest absolute Gasteiger partial charge is 0.463 e. The van der Waals surface area contributed by atoms with Crippen LogP contribution in [0.15, 0.2) is 158 Å². The standard InChI is InChI=1S/C81H134O16P2/c1-4-7-10-13-16-19-22-24-26-28-30-32-33-34-35-36-37-38-39-40-41-43-45-46-48-50-53-55-58-61-64-67-79(84)91-70-76(82)71-93-98(87,88)94-72-77(83)73-95-99(89,90)96-75-78(97-81(86)69-66-63-60-57-52-21-18-15-12-9-6-3)74-92-80(85)68-65-62-59-56-54-51-49-47-44-42-31-29-27-25-23-20-17-14-11-8-5-2/h7-8,10-11,15-20,24-27,30-32,34-35,37-38,42,47,49,54,56,76-78,82-83H,4-6,9,12-14,21-23,28-29,33,36,39-41,43-46,48,50-53,55,57-75H2,1-3H3,(H,87,88)(H,89,90)/b10-7-,11-8-,18-15-,19-16-,20-17-,26-24-,27-25-,32-30-,35-34-,38-37-,42-31-,49-47-,56-54-. The van der Waals surface area contributed by atoms with Crippen molar-refractivity contribution in [3.8, 4) is 0 Å². The summed E-state index contributed by atoms with van der Waals surface area (Å²) in [6.07, 6.45) is 90.3. The number of esters is 3. The molecule has 0 rings (SSSR count). The highest BCUT2D eigenvalue weighted by Gasteiger charge is 2.29. The van der Waals surface area contributed by atoms with Crippen LogP contribution in [0.4, 0.5) is 0 Å². The van der Waals surface area contributed by atoms with Gasteiger partial charge in [-0.25, -0.2) is 9.13 Å². The number of aliphatic hydroxyl groups excluding tert-OH is 2. The van der Waals surface area contributed by atoms with Gasteiger partial charge in [-0.3, -0.25) is 32.5 Å². The van der Waals surface area contributed by atoms with E-state index in [1.54, 1.807) is 0 Å². The highest BCUT2D eigenvalue weighted by molar-refractivity contribution is 7.47. The van der Waals surface area contributed by atoms with Crippen molar-refractivity contribution in [3.05, 3.63) is 158 Å². The predicted molar refractivity (Wildman–Crippen MR) is 408 cm³/mol. The average molecular weight is 1430 g/mol. The van der Waals surface area contributed by atoms with Crippen LogP contribution in [0.3, 0.4) is 0 Å². The second-order valence-electron chi connectivity index (χ2n) is 24.7. The first-order chi connectivity index (χ1) is 48.2. The van der Waals surface area contributed by atoms with Crippen molar-refractivity contribution in [3.63, 3.8) is 0 Å². The maximum absolute atomic E-state index is 12.9. The number of carbonyl (C=O) groups is 3. The molecule has 564 valence electrons. The number of aliphatic hydroxyl groups is 2. The van der Waals surface area contributed by atoms with Crippen LogP contribution in [0.5, 0.6) is 0 Å². The minimum absolute atomic E-state index is 0.0799. The van der Waals surface area contributed by atoms with E-state index in [9.17, 15) is 43.5 Å². The van der Waals surface area contributed by atoms with Crippen LogP contribution < -0.4 is 0 Å². The first-order valence-corrected chi connectivity index (χ1v) is 40.8. The Labute approximate surface area is 600 Å². The summed E-state index contributed by atoms with van der Waals surface area (Å²) in [5, 5.41) is 20.6. The summed E-state index contributed by atoms with van der Waals surface area (Å²) in [7, 11) is -9.80. The average Bonchev–Trinajstić information content (AvgIpc) is 1.22. The number of ether oxygens (including phenoxy) is 3. The van der Waals surface area contributed by atoms with E-state index in [4.69, 9.17) is 32.3 Å². The van der Waals surface area contributed by atoms with Gasteiger partial charge in [-0.1, -0.05) is 275 Å². The third kappa shape index (κ3) is 74.2. The molecule has 99 heavy (non-hydrogen) atoms. The number of carbonyl (C=O) groups excluding carboxylic acids is 3. The van der Waals surface area contributed by atoms with Crippen molar-refractivity contribution in [2.75, 3.05) is 39.6 Å². The van der Waals surface area contributed by atoms with Crippen molar-refractivity contribution < 1.29 is 75.8 Å². The summed E-state index contributed by atoms with van der Waals surface area (Å²) in [5.41, 5.74) is 0. The van der Waals surface area contributed by atoms with Crippen LogP contribution >= 0.6 is 15.6 Å². The summed E-state index contributed by atoms with van der Waals surface area (Å²) in [6.45, 7) is 2.32. The fraction of sp³-hybridized carbons (Fsp3) is 0.642. The molecule has 0 fully saturated rings.